The Labute approximate surface area is 84.5 Å². The van der Waals surface area contributed by atoms with E-state index in [4.69, 9.17) is 10.00 Å². The first-order chi connectivity index (χ1) is 6.36. The summed E-state index contributed by atoms with van der Waals surface area (Å²) in [6, 6.07) is 9.24. The molecule has 0 aliphatic carbocycles. The Hall–Kier alpha value is -1.49. The molecule has 0 aliphatic rings. The molecule has 0 aromatic heterocycles. The highest BCUT2D eigenvalue weighted by Crippen LogP contribution is 2.07. The molecule has 0 spiro atoms. The average Bonchev–Trinajstić information content (AvgIpc) is 2.19. The summed E-state index contributed by atoms with van der Waals surface area (Å²) in [5.41, 5.74) is 0. The van der Waals surface area contributed by atoms with Gasteiger partial charge in [0.25, 0.3) is 6.02 Å². The average molecular weight is 187 g/mol. The lowest BCUT2D eigenvalue weighted by molar-refractivity contribution is 0.533. The van der Waals surface area contributed by atoms with Crippen molar-refractivity contribution in [3.63, 3.8) is 0 Å². The molecule has 5 heteroatoms. The van der Waals surface area contributed by atoms with Crippen molar-refractivity contribution >= 4 is 22.5 Å². The maximum Gasteiger partial charge on any atom is 0.354 e. The van der Waals surface area contributed by atoms with Crippen molar-refractivity contribution in [1.29, 1.82) is 5.26 Å². The molecule has 0 saturated carbocycles. The van der Waals surface area contributed by atoms with Gasteiger partial charge in [-0.1, -0.05) is 18.2 Å². The van der Waals surface area contributed by atoms with Gasteiger partial charge in [-0.15, -0.1) is 0 Å². The van der Waals surface area contributed by atoms with Crippen molar-refractivity contribution in [2.24, 2.45) is 3.98 Å². The summed E-state index contributed by atoms with van der Waals surface area (Å²) in [5.74, 6) is 0.631. The van der Waals surface area contributed by atoms with E-state index in [0.717, 1.165) is 0 Å². The Kier molecular flexibility index (Phi) is 3.85. The Morgan fingerprint density at radius 3 is 2.69 bits per heavy atom. The van der Waals surface area contributed by atoms with Crippen LogP contribution in [-0.4, -0.2) is 22.5 Å². The quantitative estimate of drug-likeness (QED) is 0.230. The number of nitrogens with one attached hydrogen (secondary N) is 1. The summed E-state index contributed by atoms with van der Waals surface area (Å²) in [5, 5.41) is 10.6. The van der Waals surface area contributed by atoms with Crippen LogP contribution in [0, 0.1) is 11.5 Å². The Morgan fingerprint density at radius 1 is 1.46 bits per heavy atom. The van der Waals surface area contributed by atoms with Gasteiger partial charge in [-0.25, -0.2) is 5.32 Å². The summed E-state index contributed by atoms with van der Waals surface area (Å²) in [6.45, 7) is 0. The van der Waals surface area contributed by atoms with E-state index in [-0.39, 0.29) is 6.02 Å². The predicted molar refractivity (Wildman–Crippen MR) is 49.0 cm³/mol. The SMILES string of the molecule is N#CNC(=[N][Al])Oc1ccccc1. The minimum atomic E-state index is 0.152. The third kappa shape index (κ3) is 3.17. The first-order valence-electron chi connectivity index (χ1n) is 3.52. The smallest absolute Gasteiger partial charge is 0.354 e. The molecule has 13 heavy (non-hydrogen) atoms. The molecule has 0 fully saturated rings. The van der Waals surface area contributed by atoms with Gasteiger partial charge in [0.15, 0.2) is 6.19 Å². The number of ether oxygens (including phenoxy) is 1. The van der Waals surface area contributed by atoms with Crippen molar-refractivity contribution in [3.05, 3.63) is 30.3 Å². The third-order valence-electron chi connectivity index (χ3n) is 1.24. The number of amidine groups is 1. The zero-order valence-corrected chi connectivity index (χ0v) is 7.92. The Balaban J connectivity index is 2.64. The van der Waals surface area contributed by atoms with Crippen LogP contribution in [0.1, 0.15) is 0 Å². The third-order valence-corrected chi connectivity index (χ3v) is 1.47. The second-order valence-corrected chi connectivity index (χ2v) is 2.34. The van der Waals surface area contributed by atoms with E-state index in [1.165, 1.54) is 0 Å². The molecule has 4 nitrogen and oxygen atoms in total. The maximum atomic E-state index is 8.31. The molecule has 0 bridgehead atoms. The monoisotopic (exact) mass is 187 g/mol. The molecule has 62 valence electrons. The molecule has 0 aliphatic heterocycles. The first-order valence-corrected chi connectivity index (χ1v) is 4.04. The van der Waals surface area contributed by atoms with Gasteiger partial charge in [0, 0.05) is 0 Å². The second-order valence-electron chi connectivity index (χ2n) is 2.09. The zero-order chi connectivity index (χ0) is 9.52. The molecule has 1 aromatic rings. The van der Waals surface area contributed by atoms with Crippen molar-refractivity contribution in [1.82, 2.24) is 5.32 Å². The standard InChI is InChI=1S/C8H6N3O.Al/c9-6-11-8(10)12-7-4-2-1-3-5-7;/h1-5H,(H-,10,11);/q-1;+1. The predicted octanol–water partition coefficient (Wildman–Crippen LogP) is 0.576. The Bertz CT molecular complexity index is 331. The molecule has 1 rings (SSSR count). The van der Waals surface area contributed by atoms with Gasteiger partial charge >= 0.3 is 16.5 Å². The molecule has 1 N–H and O–H groups in total. The number of nitriles is 1. The maximum absolute atomic E-state index is 8.31. The fourth-order valence-electron chi connectivity index (χ4n) is 0.732. The van der Waals surface area contributed by atoms with E-state index in [2.05, 4.69) is 25.8 Å². The lowest BCUT2D eigenvalue weighted by Gasteiger charge is -2.05. The number of rotatable bonds is 1. The van der Waals surface area contributed by atoms with Gasteiger partial charge in [0.1, 0.15) is 5.75 Å². The van der Waals surface area contributed by atoms with Gasteiger partial charge in [0.2, 0.25) is 0 Å². The van der Waals surface area contributed by atoms with E-state index in [1.54, 1.807) is 18.3 Å². The number of para-hydroxylation sites is 1. The molecule has 0 amide bonds. The summed E-state index contributed by atoms with van der Waals surface area (Å²) in [7, 11) is 0. The molecular weight excluding hydrogens is 181 g/mol. The van der Waals surface area contributed by atoms with Crippen LogP contribution in [0.4, 0.5) is 0 Å². The fraction of sp³-hybridized carbons (Fsp3) is 0. The van der Waals surface area contributed by atoms with Crippen LogP contribution in [0.2, 0.25) is 0 Å². The number of hydrogen-bond acceptors (Lipinski definition) is 3. The van der Waals surface area contributed by atoms with Crippen LogP contribution in [0.5, 0.6) is 5.75 Å². The van der Waals surface area contributed by atoms with Gasteiger partial charge < -0.3 is 8.71 Å². The zero-order valence-electron chi connectivity index (χ0n) is 6.77. The van der Waals surface area contributed by atoms with Crippen LogP contribution in [0.3, 0.4) is 0 Å². The molecule has 0 saturated heterocycles. The van der Waals surface area contributed by atoms with Crippen molar-refractivity contribution in [2.45, 2.75) is 0 Å². The number of nitrogens with zero attached hydrogens (tertiary/aromatic N) is 2. The number of hydrogen-bond donors (Lipinski definition) is 1. The van der Waals surface area contributed by atoms with Gasteiger partial charge in [0.05, 0.1) is 0 Å². The highest BCUT2D eigenvalue weighted by atomic mass is 27.1. The molecule has 2 radical (unpaired) electrons. The van der Waals surface area contributed by atoms with Gasteiger partial charge in [-0.2, -0.15) is 5.26 Å². The number of benzene rings is 1. The summed E-state index contributed by atoms with van der Waals surface area (Å²) in [4.78, 5) is 0. The Morgan fingerprint density at radius 2 is 2.15 bits per heavy atom. The van der Waals surface area contributed by atoms with Gasteiger partial charge in [-0.05, 0) is 12.1 Å². The first kappa shape index (κ1) is 9.60. The minimum Gasteiger partial charge on any atom is -0.427 e. The fourth-order valence-corrected chi connectivity index (χ4v) is 0.849. The largest absolute Gasteiger partial charge is 0.427 e. The molecule has 0 heterocycles. The molecule has 0 atom stereocenters. The van der Waals surface area contributed by atoms with E-state index in [9.17, 15) is 0 Å². The molecule has 0 unspecified atom stereocenters. The lowest BCUT2D eigenvalue weighted by atomic mass is 10.3. The summed E-state index contributed by atoms with van der Waals surface area (Å²) in [6.07, 6.45) is 1.72. The second kappa shape index (κ2) is 5.21. The molecule has 1 aromatic carbocycles. The van der Waals surface area contributed by atoms with Crippen LogP contribution >= 0.6 is 0 Å². The topological polar surface area (TPSA) is 57.4 Å². The van der Waals surface area contributed by atoms with E-state index in [1.807, 2.05) is 18.2 Å². The van der Waals surface area contributed by atoms with Crippen LogP contribution < -0.4 is 10.1 Å². The van der Waals surface area contributed by atoms with Gasteiger partial charge in [-0.3, -0.25) is 0 Å². The highest BCUT2D eigenvalue weighted by molar-refractivity contribution is 6.11. The summed E-state index contributed by atoms with van der Waals surface area (Å²) < 4.78 is 8.85. The van der Waals surface area contributed by atoms with Crippen molar-refractivity contribution in [2.75, 3.05) is 0 Å². The van der Waals surface area contributed by atoms with Crippen molar-refractivity contribution in [3.8, 4) is 11.9 Å². The van der Waals surface area contributed by atoms with Crippen LogP contribution in [-0.2, 0) is 0 Å². The van der Waals surface area contributed by atoms with E-state index in [0.29, 0.717) is 5.75 Å². The van der Waals surface area contributed by atoms with Crippen LogP contribution in [0.15, 0.2) is 34.3 Å². The van der Waals surface area contributed by atoms with E-state index < -0.39 is 0 Å². The van der Waals surface area contributed by atoms with Crippen molar-refractivity contribution < 1.29 is 4.74 Å². The molecular formula is C8H6AlN3O. The normalized spacial score (nSPS) is 10.2. The minimum absolute atomic E-state index is 0.152. The lowest BCUT2D eigenvalue weighted by Crippen LogP contribution is -2.24. The summed E-state index contributed by atoms with van der Waals surface area (Å²) >= 11 is 2.11. The van der Waals surface area contributed by atoms with Crippen LogP contribution in [0.25, 0.3) is 0 Å². The van der Waals surface area contributed by atoms with E-state index >= 15 is 0 Å². The highest BCUT2D eigenvalue weighted by Gasteiger charge is 1.97.